The molecule has 90 valence electrons. The van der Waals surface area contributed by atoms with E-state index in [0.29, 0.717) is 19.6 Å². The van der Waals surface area contributed by atoms with Gasteiger partial charge in [0.05, 0.1) is 13.2 Å². The average Bonchev–Trinajstić information content (AvgIpc) is 2.66. The van der Waals surface area contributed by atoms with Gasteiger partial charge in [0, 0.05) is 19.4 Å². The lowest BCUT2D eigenvalue weighted by Gasteiger charge is -2.40. The smallest absolute Gasteiger partial charge is 0.408 e. The number of hydrogen-bond donors (Lipinski definition) is 2. The zero-order chi connectivity index (χ0) is 11.8. The van der Waals surface area contributed by atoms with Gasteiger partial charge in [-0.1, -0.05) is 0 Å². The summed E-state index contributed by atoms with van der Waals surface area (Å²) in [7, 11) is 0. The Balaban J connectivity index is 2.14. The van der Waals surface area contributed by atoms with Crippen molar-refractivity contribution in [2.45, 2.75) is 24.7 Å². The molecule has 0 aliphatic carbocycles. The van der Waals surface area contributed by atoms with Crippen LogP contribution in [0.25, 0.3) is 0 Å². The Morgan fingerprint density at radius 3 is 2.38 bits per heavy atom. The Morgan fingerprint density at radius 1 is 1.25 bits per heavy atom. The third-order valence-corrected chi connectivity index (χ3v) is 2.96. The summed E-state index contributed by atoms with van der Waals surface area (Å²) < 4.78 is 10.8. The first kappa shape index (κ1) is 11.2. The fraction of sp³-hybridized carbons (Fsp3) is 0.778. The maximum atomic E-state index is 11.0. The van der Waals surface area contributed by atoms with Crippen LogP contribution in [0.15, 0.2) is 0 Å². The van der Waals surface area contributed by atoms with Gasteiger partial charge in [0.1, 0.15) is 6.04 Å². The molecule has 2 saturated heterocycles. The van der Waals surface area contributed by atoms with Crippen LogP contribution in [0.5, 0.6) is 0 Å². The molecule has 7 nitrogen and oxygen atoms in total. The molecule has 0 aromatic rings. The van der Waals surface area contributed by atoms with Gasteiger partial charge >= 0.3 is 12.1 Å². The average molecular weight is 231 g/mol. The summed E-state index contributed by atoms with van der Waals surface area (Å²) in [6, 6.07) is -1.09. The monoisotopic (exact) mass is 231 g/mol. The summed E-state index contributed by atoms with van der Waals surface area (Å²) >= 11 is 0. The Labute approximate surface area is 91.5 Å². The first-order valence-corrected chi connectivity index (χ1v) is 5.04. The number of carboxylic acid groups (broad SMARTS) is 2. The molecular weight excluding hydrogens is 218 g/mol. The maximum Gasteiger partial charge on any atom is 0.408 e. The molecule has 1 amide bonds. The standard InChI is InChI=1S/C9H13NO6/c11-7(12)6-5-9(15-3-4-16-9)1-2-10(6)8(13)14/h6H,1-5H2,(H,11,12)(H,13,14). The normalized spacial score (nSPS) is 28.2. The number of carboxylic acids is 1. The van der Waals surface area contributed by atoms with Gasteiger partial charge in [-0.25, -0.2) is 9.59 Å². The second-order valence-electron chi connectivity index (χ2n) is 3.89. The molecule has 2 fully saturated rings. The van der Waals surface area contributed by atoms with E-state index in [1.807, 2.05) is 0 Å². The fourth-order valence-electron chi connectivity index (χ4n) is 2.16. The van der Waals surface area contributed by atoms with Crippen LogP contribution in [-0.2, 0) is 14.3 Å². The van der Waals surface area contributed by atoms with Gasteiger partial charge in [0.2, 0.25) is 0 Å². The molecule has 1 unspecified atom stereocenters. The molecule has 1 spiro atoms. The quantitative estimate of drug-likeness (QED) is 0.657. The number of carbonyl (C=O) groups is 2. The van der Waals surface area contributed by atoms with E-state index in [0.717, 1.165) is 4.90 Å². The summed E-state index contributed by atoms with van der Waals surface area (Å²) in [6.07, 6.45) is -0.794. The first-order valence-electron chi connectivity index (χ1n) is 5.04. The van der Waals surface area contributed by atoms with Crippen molar-refractivity contribution in [2.24, 2.45) is 0 Å². The highest BCUT2D eigenvalue weighted by Crippen LogP contribution is 2.34. The zero-order valence-electron chi connectivity index (χ0n) is 8.59. The van der Waals surface area contributed by atoms with E-state index in [4.69, 9.17) is 19.7 Å². The lowest BCUT2D eigenvalue weighted by molar-refractivity contribution is -0.198. The van der Waals surface area contributed by atoms with Crippen molar-refractivity contribution >= 4 is 12.1 Å². The fourth-order valence-corrected chi connectivity index (χ4v) is 2.16. The SMILES string of the molecule is O=C(O)C1CC2(CCN1C(=O)O)OCCO2. The second-order valence-corrected chi connectivity index (χ2v) is 3.89. The maximum absolute atomic E-state index is 11.0. The van der Waals surface area contributed by atoms with E-state index >= 15 is 0 Å². The number of rotatable bonds is 1. The molecule has 16 heavy (non-hydrogen) atoms. The summed E-state index contributed by atoms with van der Waals surface area (Å²) in [5.41, 5.74) is 0. The third kappa shape index (κ3) is 1.83. The molecule has 2 rings (SSSR count). The van der Waals surface area contributed by atoms with E-state index < -0.39 is 23.9 Å². The predicted octanol–water partition coefficient (Wildman–Crippen LogP) is -0.0435. The number of hydrogen-bond acceptors (Lipinski definition) is 4. The second kappa shape index (κ2) is 3.91. The van der Waals surface area contributed by atoms with Gasteiger partial charge in [-0.3, -0.25) is 4.90 Å². The molecule has 1 atom stereocenters. The zero-order valence-corrected chi connectivity index (χ0v) is 8.59. The van der Waals surface area contributed by atoms with Crippen LogP contribution < -0.4 is 0 Å². The number of ether oxygens (including phenoxy) is 2. The Hall–Kier alpha value is -1.34. The summed E-state index contributed by atoms with van der Waals surface area (Å²) in [5, 5.41) is 17.9. The molecule has 2 aliphatic heterocycles. The van der Waals surface area contributed by atoms with E-state index in [1.54, 1.807) is 0 Å². The minimum atomic E-state index is -1.22. The Kier molecular flexibility index (Phi) is 2.73. The Bertz CT molecular complexity index is 311. The van der Waals surface area contributed by atoms with Crippen molar-refractivity contribution in [1.29, 1.82) is 0 Å². The number of amides is 1. The Morgan fingerprint density at radius 2 is 1.88 bits per heavy atom. The molecule has 0 aromatic heterocycles. The van der Waals surface area contributed by atoms with Crippen LogP contribution in [-0.4, -0.2) is 58.8 Å². The minimum Gasteiger partial charge on any atom is -0.480 e. The summed E-state index contributed by atoms with van der Waals surface area (Å²) in [6.45, 7) is 0.977. The topological polar surface area (TPSA) is 96.3 Å². The van der Waals surface area contributed by atoms with E-state index in [9.17, 15) is 9.59 Å². The molecule has 0 radical (unpaired) electrons. The van der Waals surface area contributed by atoms with Crippen LogP contribution in [0.2, 0.25) is 0 Å². The lowest BCUT2D eigenvalue weighted by Crippen LogP contribution is -2.55. The molecule has 2 N–H and O–H groups in total. The highest BCUT2D eigenvalue weighted by atomic mass is 16.7. The summed E-state index contributed by atoms with van der Waals surface area (Å²) in [4.78, 5) is 22.8. The van der Waals surface area contributed by atoms with Crippen LogP contribution >= 0.6 is 0 Å². The van der Waals surface area contributed by atoms with E-state index in [1.165, 1.54) is 0 Å². The molecule has 0 aromatic carbocycles. The van der Waals surface area contributed by atoms with Gasteiger partial charge in [0.25, 0.3) is 0 Å². The molecule has 7 heteroatoms. The van der Waals surface area contributed by atoms with Gasteiger partial charge in [-0.15, -0.1) is 0 Å². The van der Waals surface area contributed by atoms with Crippen molar-refractivity contribution in [3.63, 3.8) is 0 Å². The number of aliphatic carboxylic acids is 1. The molecule has 0 saturated carbocycles. The number of piperidine rings is 1. The number of likely N-dealkylation sites (tertiary alicyclic amines) is 1. The van der Waals surface area contributed by atoms with Gasteiger partial charge < -0.3 is 19.7 Å². The molecule has 2 heterocycles. The van der Waals surface area contributed by atoms with Crippen LogP contribution in [0.1, 0.15) is 12.8 Å². The van der Waals surface area contributed by atoms with Crippen LogP contribution in [0.4, 0.5) is 4.79 Å². The van der Waals surface area contributed by atoms with Crippen molar-refractivity contribution in [1.82, 2.24) is 4.90 Å². The van der Waals surface area contributed by atoms with Gasteiger partial charge in [-0.05, 0) is 0 Å². The van der Waals surface area contributed by atoms with Crippen molar-refractivity contribution in [2.75, 3.05) is 19.8 Å². The molecule has 0 bridgehead atoms. The third-order valence-electron chi connectivity index (χ3n) is 2.96. The first-order chi connectivity index (χ1) is 7.54. The van der Waals surface area contributed by atoms with Gasteiger partial charge in [-0.2, -0.15) is 0 Å². The molecular formula is C9H13NO6. The van der Waals surface area contributed by atoms with Crippen molar-refractivity contribution in [3.8, 4) is 0 Å². The van der Waals surface area contributed by atoms with Crippen molar-refractivity contribution in [3.05, 3.63) is 0 Å². The largest absolute Gasteiger partial charge is 0.480 e. The predicted molar refractivity (Wildman–Crippen MR) is 50.0 cm³/mol. The van der Waals surface area contributed by atoms with E-state index in [2.05, 4.69) is 0 Å². The minimum absolute atomic E-state index is 0.0502. The van der Waals surface area contributed by atoms with E-state index in [-0.39, 0.29) is 13.0 Å². The lowest BCUT2D eigenvalue weighted by atomic mass is 9.96. The highest BCUT2D eigenvalue weighted by Gasteiger charge is 2.48. The molecule has 2 aliphatic rings. The van der Waals surface area contributed by atoms with Crippen LogP contribution in [0.3, 0.4) is 0 Å². The summed E-state index contributed by atoms with van der Waals surface area (Å²) in [5.74, 6) is -2.06. The van der Waals surface area contributed by atoms with Crippen LogP contribution in [0, 0.1) is 0 Å². The van der Waals surface area contributed by atoms with Gasteiger partial charge in [0.15, 0.2) is 5.79 Å². The van der Waals surface area contributed by atoms with Crippen molar-refractivity contribution < 1.29 is 29.3 Å². The number of nitrogens with zero attached hydrogens (tertiary/aromatic N) is 1. The highest BCUT2D eigenvalue weighted by molar-refractivity contribution is 5.79.